The number of hydrogen-bond donors (Lipinski definition) is 1. The lowest BCUT2D eigenvalue weighted by Gasteiger charge is -2.17. The van der Waals surface area contributed by atoms with Gasteiger partial charge in [-0.1, -0.05) is 54.0 Å². The molecule has 1 amide bonds. The molecule has 0 spiro atoms. The predicted octanol–water partition coefficient (Wildman–Crippen LogP) is 3.97. The van der Waals surface area contributed by atoms with Crippen LogP contribution >= 0.6 is 11.3 Å². The molecule has 1 aliphatic carbocycles. The third-order valence-electron chi connectivity index (χ3n) is 5.92. The molecule has 1 N–H and O–H groups in total. The second-order valence-electron chi connectivity index (χ2n) is 8.01. The van der Waals surface area contributed by atoms with Crippen LogP contribution in [-0.4, -0.2) is 38.0 Å². The number of carbonyl (C=O) groups excluding carboxylic acids is 1. The fourth-order valence-electron chi connectivity index (χ4n) is 4.29. The number of imidazole rings is 1. The van der Waals surface area contributed by atoms with Gasteiger partial charge in [0.15, 0.2) is 0 Å². The van der Waals surface area contributed by atoms with Gasteiger partial charge in [-0.2, -0.15) is 0 Å². The van der Waals surface area contributed by atoms with Crippen molar-refractivity contribution in [3.8, 4) is 0 Å². The number of amides is 1. The highest BCUT2D eigenvalue weighted by Gasteiger charge is 2.32. The van der Waals surface area contributed by atoms with Crippen molar-refractivity contribution in [3.05, 3.63) is 47.3 Å². The summed E-state index contributed by atoms with van der Waals surface area (Å²) >= 11 is 1.53. The summed E-state index contributed by atoms with van der Waals surface area (Å²) in [6.45, 7) is 3.52. The van der Waals surface area contributed by atoms with Crippen molar-refractivity contribution in [2.45, 2.75) is 57.5 Å². The minimum Gasteiger partial charge on any atom is -0.348 e. The Labute approximate surface area is 168 Å². The maximum atomic E-state index is 12.8. The Morgan fingerprint density at radius 1 is 1.18 bits per heavy atom. The van der Waals surface area contributed by atoms with Crippen LogP contribution in [0.1, 0.15) is 54.8 Å². The number of aryl methyl sites for hydroxylation is 1. The zero-order chi connectivity index (χ0) is 19.1. The van der Waals surface area contributed by atoms with Gasteiger partial charge in [0.05, 0.1) is 11.9 Å². The van der Waals surface area contributed by atoms with Gasteiger partial charge in [-0.05, 0) is 31.7 Å². The molecule has 2 aliphatic rings. The average molecular weight is 396 g/mol. The standard InChI is InChI=1S/C21H25N5OS/c1-14-6-8-15(9-7-14)12-25-11-10-17(19(25)27)22-20-24-26-13-18(23-21(26)28-20)16-4-2-3-5-16/h6-9,13,16-17H,2-5,10-12H2,1H3,(H,22,24). The molecule has 0 bridgehead atoms. The molecule has 0 radical (unpaired) electrons. The van der Waals surface area contributed by atoms with Crippen LogP contribution in [0.15, 0.2) is 30.5 Å². The minimum atomic E-state index is -0.199. The summed E-state index contributed by atoms with van der Waals surface area (Å²) in [6.07, 6.45) is 7.96. The lowest BCUT2D eigenvalue weighted by molar-refractivity contribution is -0.128. The van der Waals surface area contributed by atoms with Gasteiger partial charge in [0.25, 0.3) is 0 Å². The van der Waals surface area contributed by atoms with E-state index < -0.39 is 0 Å². The fourth-order valence-corrected chi connectivity index (χ4v) is 5.13. The third kappa shape index (κ3) is 3.39. The third-order valence-corrected chi connectivity index (χ3v) is 6.78. The maximum Gasteiger partial charge on any atom is 0.245 e. The molecule has 2 fully saturated rings. The molecule has 3 aromatic rings. The monoisotopic (exact) mass is 395 g/mol. The van der Waals surface area contributed by atoms with Crippen LogP contribution in [0.5, 0.6) is 0 Å². The van der Waals surface area contributed by atoms with E-state index in [0.29, 0.717) is 12.5 Å². The molecule has 1 saturated carbocycles. The van der Waals surface area contributed by atoms with E-state index in [1.54, 1.807) is 0 Å². The summed E-state index contributed by atoms with van der Waals surface area (Å²) in [5.41, 5.74) is 3.58. The van der Waals surface area contributed by atoms with E-state index in [2.05, 4.69) is 47.8 Å². The molecule has 2 aromatic heterocycles. The van der Waals surface area contributed by atoms with E-state index in [1.165, 1.54) is 53.8 Å². The Balaban J connectivity index is 1.24. The second kappa shape index (κ2) is 7.20. The first-order valence-electron chi connectivity index (χ1n) is 10.1. The van der Waals surface area contributed by atoms with Gasteiger partial charge in [0.2, 0.25) is 16.0 Å². The Kier molecular flexibility index (Phi) is 4.55. The molecule has 1 unspecified atom stereocenters. The van der Waals surface area contributed by atoms with E-state index in [9.17, 15) is 4.79 Å². The van der Waals surface area contributed by atoms with Gasteiger partial charge >= 0.3 is 0 Å². The largest absolute Gasteiger partial charge is 0.348 e. The first-order valence-corrected chi connectivity index (χ1v) is 10.9. The van der Waals surface area contributed by atoms with Gasteiger partial charge in [0, 0.05) is 19.0 Å². The number of hydrogen-bond acceptors (Lipinski definition) is 5. The molecule has 28 heavy (non-hydrogen) atoms. The van der Waals surface area contributed by atoms with Crippen LogP contribution in [0, 0.1) is 6.92 Å². The zero-order valence-corrected chi connectivity index (χ0v) is 16.9. The Bertz CT molecular complexity index is 955. The Morgan fingerprint density at radius 3 is 2.71 bits per heavy atom. The van der Waals surface area contributed by atoms with Crippen molar-refractivity contribution in [1.29, 1.82) is 0 Å². The van der Waals surface area contributed by atoms with Gasteiger partial charge in [0.1, 0.15) is 6.04 Å². The van der Waals surface area contributed by atoms with Crippen molar-refractivity contribution in [2.75, 3.05) is 11.9 Å². The summed E-state index contributed by atoms with van der Waals surface area (Å²) in [7, 11) is 0. The Morgan fingerprint density at radius 2 is 1.96 bits per heavy atom. The molecular weight excluding hydrogens is 370 g/mol. The summed E-state index contributed by atoms with van der Waals surface area (Å²) in [5.74, 6) is 0.747. The SMILES string of the molecule is Cc1ccc(CN2CCC(Nc3nn4cc(C5CCCC5)nc4s3)C2=O)cc1. The van der Waals surface area contributed by atoms with E-state index in [0.717, 1.165) is 23.1 Å². The molecule has 146 valence electrons. The topological polar surface area (TPSA) is 62.5 Å². The number of nitrogens with zero attached hydrogens (tertiary/aromatic N) is 4. The highest BCUT2D eigenvalue weighted by molar-refractivity contribution is 7.20. The first kappa shape index (κ1) is 17.7. The van der Waals surface area contributed by atoms with Gasteiger partial charge < -0.3 is 10.2 Å². The van der Waals surface area contributed by atoms with Crippen molar-refractivity contribution >= 4 is 27.3 Å². The van der Waals surface area contributed by atoms with Crippen LogP contribution in [-0.2, 0) is 11.3 Å². The normalized spacial score (nSPS) is 20.5. The number of aromatic nitrogens is 3. The average Bonchev–Trinajstić information content (AvgIpc) is 3.44. The predicted molar refractivity (Wildman–Crippen MR) is 111 cm³/mol. The summed E-state index contributed by atoms with van der Waals surface area (Å²) in [6, 6.07) is 8.19. The van der Waals surface area contributed by atoms with Gasteiger partial charge in [-0.3, -0.25) is 4.79 Å². The number of likely N-dealkylation sites (tertiary alicyclic amines) is 1. The highest BCUT2D eigenvalue weighted by atomic mass is 32.1. The molecule has 3 heterocycles. The number of benzene rings is 1. The molecule has 1 saturated heterocycles. The van der Waals surface area contributed by atoms with Crippen molar-refractivity contribution in [3.63, 3.8) is 0 Å². The number of fused-ring (bicyclic) bond motifs is 1. The minimum absolute atomic E-state index is 0.153. The van der Waals surface area contributed by atoms with E-state index in [4.69, 9.17) is 4.98 Å². The molecule has 1 aliphatic heterocycles. The molecule has 1 atom stereocenters. The van der Waals surface area contributed by atoms with Crippen LogP contribution < -0.4 is 5.32 Å². The maximum absolute atomic E-state index is 12.8. The van der Waals surface area contributed by atoms with E-state index in [-0.39, 0.29) is 11.9 Å². The number of rotatable bonds is 5. The molecule has 7 heteroatoms. The van der Waals surface area contributed by atoms with Gasteiger partial charge in [-0.25, -0.2) is 9.50 Å². The Hall–Kier alpha value is -2.41. The quantitative estimate of drug-likeness (QED) is 0.710. The van der Waals surface area contributed by atoms with Crippen LogP contribution in [0.2, 0.25) is 0 Å². The van der Waals surface area contributed by atoms with Crippen LogP contribution in [0.3, 0.4) is 0 Å². The summed E-state index contributed by atoms with van der Waals surface area (Å²) < 4.78 is 1.87. The summed E-state index contributed by atoms with van der Waals surface area (Å²) in [4.78, 5) is 20.4. The molecule has 6 nitrogen and oxygen atoms in total. The number of anilines is 1. The van der Waals surface area contributed by atoms with Crippen molar-refractivity contribution in [2.24, 2.45) is 0 Å². The summed E-state index contributed by atoms with van der Waals surface area (Å²) in [5, 5.41) is 8.72. The van der Waals surface area contributed by atoms with Gasteiger partial charge in [-0.15, -0.1) is 5.10 Å². The zero-order valence-electron chi connectivity index (χ0n) is 16.1. The van der Waals surface area contributed by atoms with Crippen LogP contribution in [0.4, 0.5) is 5.13 Å². The first-order chi connectivity index (χ1) is 13.7. The van der Waals surface area contributed by atoms with Crippen LogP contribution in [0.25, 0.3) is 4.96 Å². The fraction of sp³-hybridized carbons (Fsp3) is 0.476. The number of nitrogens with one attached hydrogen (secondary N) is 1. The van der Waals surface area contributed by atoms with Crippen molar-refractivity contribution < 1.29 is 4.79 Å². The lowest BCUT2D eigenvalue weighted by Crippen LogP contribution is -2.33. The second-order valence-corrected chi connectivity index (χ2v) is 8.97. The lowest BCUT2D eigenvalue weighted by atomic mass is 10.1. The van der Waals surface area contributed by atoms with Crippen molar-refractivity contribution in [1.82, 2.24) is 19.5 Å². The smallest absolute Gasteiger partial charge is 0.245 e. The van der Waals surface area contributed by atoms with E-state index in [1.807, 2.05) is 9.42 Å². The number of carbonyl (C=O) groups is 1. The molecule has 5 rings (SSSR count). The highest BCUT2D eigenvalue weighted by Crippen LogP contribution is 2.34. The molecular formula is C21H25N5OS. The molecule has 1 aromatic carbocycles. The van der Waals surface area contributed by atoms with E-state index >= 15 is 0 Å².